The average Bonchev–Trinajstić information content (AvgIpc) is 2.76. The molecule has 3 aromatic rings. The highest BCUT2D eigenvalue weighted by molar-refractivity contribution is 5.65. The maximum Gasteiger partial charge on any atom is 0.423 e. The first-order valence-electron chi connectivity index (χ1n) is 9.50. The van der Waals surface area contributed by atoms with Gasteiger partial charge in [0.2, 0.25) is 5.60 Å². The van der Waals surface area contributed by atoms with E-state index in [-0.39, 0.29) is 16.8 Å². The molecule has 0 saturated heterocycles. The smallest absolute Gasteiger partial charge is 0.380 e. The number of nitrogens with one attached hydrogen (secondary N) is 1. The Bertz CT molecular complexity index is 1140. The van der Waals surface area contributed by atoms with Crippen LogP contribution in [0, 0.1) is 24.1 Å². The SMILES string of the molecule is Cc1cc(C(O)(CNc2ccccc2C#N)C(F)(F)F)ccc1N(N)c1ccc(F)cc1. The molecular weight excluding hydrogens is 424 g/mol. The van der Waals surface area contributed by atoms with E-state index in [4.69, 9.17) is 11.1 Å². The van der Waals surface area contributed by atoms with E-state index < -0.39 is 24.1 Å². The van der Waals surface area contributed by atoms with E-state index in [1.54, 1.807) is 19.1 Å². The lowest BCUT2D eigenvalue weighted by Crippen LogP contribution is -2.48. The molecule has 3 aromatic carbocycles. The number of alkyl halides is 3. The number of nitrogens with zero attached hydrogens (tertiary/aromatic N) is 2. The van der Waals surface area contributed by atoms with E-state index in [0.717, 1.165) is 6.07 Å². The number of halogens is 4. The van der Waals surface area contributed by atoms with Gasteiger partial charge in [0.15, 0.2) is 0 Å². The number of para-hydroxylation sites is 1. The first-order chi connectivity index (χ1) is 15.1. The summed E-state index contributed by atoms with van der Waals surface area (Å²) in [5.74, 6) is 5.61. The van der Waals surface area contributed by atoms with Crippen LogP contribution in [0.25, 0.3) is 0 Å². The monoisotopic (exact) mass is 444 g/mol. The lowest BCUT2D eigenvalue weighted by atomic mass is 9.91. The molecule has 0 aliphatic rings. The van der Waals surface area contributed by atoms with E-state index >= 15 is 0 Å². The number of aryl methyl sites for hydroxylation is 1. The van der Waals surface area contributed by atoms with Crippen molar-refractivity contribution in [3.63, 3.8) is 0 Å². The van der Waals surface area contributed by atoms with Gasteiger partial charge in [-0.05, 0) is 60.5 Å². The molecule has 1 atom stereocenters. The number of anilines is 3. The summed E-state index contributed by atoms with van der Waals surface area (Å²) in [6.45, 7) is 0.649. The minimum atomic E-state index is -5.01. The second-order valence-corrected chi connectivity index (χ2v) is 7.22. The van der Waals surface area contributed by atoms with Gasteiger partial charge in [0.05, 0.1) is 29.2 Å². The third-order valence-electron chi connectivity index (χ3n) is 5.09. The maximum absolute atomic E-state index is 13.9. The number of hydrogen-bond donors (Lipinski definition) is 3. The summed E-state index contributed by atoms with van der Waals surface area (Å²) < 4.78 is 55.0. The Hall–Kier alpha value is -3.61. The summed E-state index contributed by atoms with van der Waals surface area (Å²) in [4.78, 5) is 0. The van der Waals surface area contributed by atoms with Gasteiger partial charge in [0.25, 0.3) is 0 Å². The van der Waals surface area contributed by atoms with Crippen molar-refractivity contribution in [3.8, 4) is 6.07 Å². The molecule has 0 aromatic heterocycles. The molecule has 1 unspecified atom stereocenters. The fraction of sp³-hybridized carbons (Fsp3) is 0.174. The minimum absolute atomic E-state index is 0.154. The quantitative estimate of drug-likeness (QED) is 0.287. The van der Waals surface area contributed by atoms with Crippen molar-refractivity contribution >= 4 is 17.1 Å². The zero-order valence-electron chi connectivity index (χ0n) is 17.0. The van der Waals surface area contributed by atoms with Crippen LogP contribution in [0.5, 0.6) is 0 Å². The zero-order valence-corrected chi connectivity index (χ0v) is 17.0. The van der Waals surface area contributed by atoms with Gasteiger partial charge in [-0.1, -0.05) is 24.3 Å². The van der Waals surface area contributed by atoms with Crippen molar-refractivity contribution in [2.45, 2.75) is 18.7 Å². The topological polar surface area (TPSA) is 85.3 Å². The molecule has 9 heteroatoms. The summed E-state index contributed by atoms with van der Waals surface area (Å²) in [5.41, 5.74) is -2.10. The van der Waals surface area contributed by atoms with Crippen LogP contribution in [-0.2, 0) is 5.60 Å². The van der Waals surface area contributed by atoms with Gasteiger partial charge in [-0.15, -0.1) is 0 Å². The van der Waals surface area contributed by atoms with Crippen LogP contribution < -0.4 is 16.2 Å². The molecule has 4 N–H and O–H groups in total. The molecule has 0 aliphatic carbocycles. The highest BCUT2D eigenvalue weighted by Crippen LogP contribution is 2.41. The fourth-order valence-corrected chi connectivity index (χ4v) is 3.25. The Labute approximate surface area is 182 Å². The van der Waals surface area contributed by atoms with Gasteiger partial charge in [0.1, 0.15) is 11.9 Å². The number of nitriles is 1. The van der Waals surface area contributed by atoms with Crippen LogP contribution >= 0.6 is 0 Å². The summed E-state index contributed by atoms with van der Waals surface area (Å²) in [6.07, 6.45) is -5.01. The minimum Gasteiger partial charge on any atom is -0.380 e. The predicted molar refractivity (Wildman–Crippen MR) is 114 cm³/mol. The van der Waals surface area contributed by atoms with E-state index in [1.807, 2.05) is 6.07 Å². The highest BCUT2D eigenvalue weighted by atomic mass is 19.4. The lowest BCUT2D eigenvalue weighted by molar-refractivity contribution is -0.260. The molecule has 166 valence electrons. The molecule has 0 bridgehead atoms. The number of nitrogens with two attached hydrogens (primary N) is 1. The Morgan fingerprint density at radius 3 is 2.31 bits per heavy atom. The van der Waals surface area contributed by atoms with Crippen molar-refractivity contribution in [3.05, 3.63) is 89.2 Å². The highest BCUT2D eigenvalue weighted by Gasteiger charge is 2.55. The molecule has 3 rings (SSSR count). The van der Waals surface area contributed by atoms with Crippen LogP contribution in [-0.4, -0.2) is 17.8 Å². The number of hydrazine groups is 1. The second kappa shape index (κ2) is 8.86. The molecule has 0 saturated carbocycles. The molecule has 0 heterocycles. The van der Waals surface area contributed by atoms with Crippen LogP contribution in [0.3, 0.4) is 0 Å². The number of aliphatic hydroxyl groups is 1. The molecule has 5 nitrogen and oxygen atoms in total. The third-order valence-corrected chi connectivity index (χ3v) is 5.09. The van der Waals surface area contributed by atoms with Crippen molar-refractivity contribution in [1.82, 2.24) is 0 Å². The summed E-state index contributed by atoms with van der Waals surface area (Å²) in [6, 6.07) is 16.9. The second-order valence-electron chi connectivity index (χ2n) is 7.22. The summed E-state index contributed by atoms with van der Waals surface area (Å²) >= 11 is 0. The Morgan fingerprint density at radius 1 is 1.06 bits per heavy atom. The standard InChI is InChI=1S/C23H20F4N4O/c1-15-12-17(6-11-21(15)31(29)19-9-7-18(24)8-10-19)22(32,23(25,26)27)14-30-20-5-3-2-4-16(20)13-28/h2-12,30,32H,14,29H2,1H3. The average molecular weight is 444 g/mol. The van der Waals surface area contributed by atoms with E-state index in [0.29, 0.717) is 16.9 Å². The van der Waals surface area contributed by atoms with Crippen molar-refractivity contribution in [2.24, 2.45) is 5.84 Å². The maximum atomic E-state index is 13.9. The molecule has 0 spiro atoms. The van der Waals surface area contributed by atoms with Gasteiger partial charge < -0.3 is 10.4 Å². The van der Waals surface area contributed by atoms with Crippen molar-refractivity contribution < 1.29 is 22.7 Å². The van der Waals surface area contributed by atoms with Gasteiger partial charge in [0, 0.05) is 0 Å². The summed E-state index contributed by atoms with van der Waals surface area (Å²) in [5, 5.41) is 23.6. The van der Waals surface area contributed by atoms with E-state index in [9.17, 15) is 22.7 Å². The Kier molecular flexibility index (Phi) is 6.39. The number of rotatable bonds is 6. The fourth-order valence-electron chi connectivity index (χ4n) is 3.25. The Morgan fingerprint density at radius 2 is 1.72 bits per heavy atom. The molecular formula is C23H20F4N4O. The number of benzene rings is 3. The molecule has 0 fully saturated rings. The zero-order chi connectivity index (χ0) is 23.5. The normalized spacial score (nSPS) is 13.2. The van der Waals surface area contributed by atoms with Crippen LogP contribution in [0.4, 0.5) is 34.6 Å². The molecule has 0 radical (unpaired) electrons. The summed E-state index contributed by atoms with van der Waals surface area (Å²) in [7, 11) is 0. The van der Waals surface area contributed by atoms with Gasteiger partial charge in [-0.3, -0.25) is 5.01 Å². The molecule has 32 heavy (non-hydrogen) atoms. The van der Waals surface area contributed by atoms with Gasteiger partial charge >= 0.3 is 6.18 Å². The van der Waals surface area contributed by atoms with Gasteiger partial charge in [-0.2, -0.15) is 18.4 Å². The molecule has 0 aliphatic heterocycles. The van der Waals surface area contributed by atoms with Crippen molar-refractivity contribution in [1.29, 1.82) is 5.26 Å². The first kappa shape index (κ1) is 23.1. The molecule has 0 amide bonds. The first-order valence-corrected chi connectivity index (χ1v) is 9.50. The lowest BCUT2D eigenvalue weighted by Gasteiger charge is -2.32. The van der Waals surface area contributed by atoms with E-state index in [1.165, 1.54) is 53.5 Å². The van der Waals surface area contributed by atoms with Gasteiger partial charge in [-0.25, -0.2) is 10.2 Å². The van der Waals surface area contributed by atoms with E-state index in [2.05, 4.69) is 5.32 Å². The third kappa shape index (κ3) is 4.51. The van der Waals surface area contributed by atoms with Crippen molar-refractivity contribution in [2.75, 3.05) is 16.9 Å². The van der Waals surface area contributed by atoms with Crippen LogP contribution in [0.15, 0.2) is 66.7 Å². The van der Waals surface area contributed by atoms with Crippen LogP contribution in [0.2, 0.25) is 0 Å². The predicted octanol–water partition coefficient (Wildman–Crippen LogP) is 4.88. The Balaban J connectivity index is 1.93. The largest absolute Gasteiger partial charge is 0.423 e. The number of hydrogen-bond acceptors (Lipinski definition) is 5. The van der Waals surface area contributed by atoms with Crippen LogP contribution in [0.1, 0.15) is 16.7 Å².